The summed E-state index contributed by atoms with van der Waals surface area (Å²) in [7, 11) is 0. The van der Waals surface area contributed by atoms with Gasteiger partial charge in [0, 0.05) is 108 Å². The van der Waals surface area contributed by atoms with E-state index in [0.29, 0.717) is 168 Å². The first-order valence-electron chi connectivity index (χ1n) is 33.9. The van der Waals surface area contributed by atoms with Crippen molar-refractivity contribution < 1.29 is 108 Å². The summed E-state index contributed by atoms with van der Waals surface area (Å²) in [6.45, 7) is 10.5. The molecule has 0 aromatic heterocycles. The summed E-state index contributed by atoms with van der Waals surface area (Å²) < 4.78 is 39.8. The summed E-state index contributed by atoms with van der Waals surface area (Å²) in [4.78, 5) is 79.9. The Bertz CT molecular complexity index is 2010. The number of hydrogen-bond acceptors (Lipinski definition) is 22. The van der Waals surface area contributed by atoms with Crippen molar-refractivity contribution in [2.45, 2.75) is 282 Å². The van der Waals surface area contributed by atoms with Gasteiger partial charge < -0.3 is 106 Å². The van der Waals surface area contributed by atoms with Crippen molar-refractivity contribution in [2.75, 3.05) is 72.4 Å². The first kappa shape index (κ1) is 84.5. The van der Waals surface area contributed by atoms with Crippen LogP contribution in [-0.2, 0) is 61.9 Å². The number of carbonyl (C=O) groups excluding carboxylic acids is 6. The van der Waals surface area contributed by atoms with Crippen LogP contribution in [0.3, 0.4) is 0 Å². The van der Waals surface area contributed by atoms with Gasteiger partial charge in [-0.05, 0) is 104 Å². The van der Waals surface area contributed by atoms with E-state index >= 15 is 0 Å². The Labute approximate surface area is 546 Å². The molecule has 27 nitrogen and oxygen atoms in total. The Kier molecular flexibility index (Phi) is 45.0. The maximum absolute atomic E-state index is 14.4. The van der Waals surface area contributed by atoms with Gasteiger partial charge in [-0.2, -0.15) is 0 Å². The van der Waals surface area contributed by atoms with Gasteiger partial charge in [-0.1, -0.05) is 60.3 Å². The Morgan fingerprint density at radius 2 is 0.761 bits per heavy atom. The van der Waals surface area contributed by atoms with E-state index in [1.54, 1.807) is 20.8 Å². The minimum atomic E-state index is -1.25. The molecule has 0 saturated carbocycles. The minimum absolute atomic E-state index is 0. The van der Waals surface area contributed by atoms with Gasteiger partial charge in [-0.25, -0.2) is 0 Å². The lowest BCUT2D eigenvalue weighted by molar-refractivity contribution is -0.282. The number of ketones is 1. The van der Waals surface area contributed by atoms with E-state index in [1.165, 1.54) is 0 Å². The maximum atomic E-state index is 14.4. The normalized spacial score (nSPS) is 27.1. The number of aliphatic hydroxyl groups is 9. The molecule has 0 aromatic rings. The van der Waals surface area contributed by atoms with Crippen molar-refractivity contribution >= 4 is 35.3 Å². The number of unbranched alkanes of at least 4 members (excludes halogenated alkanes) is 10. The molecule has 0 aliphatic carbocycles. The van der Waals surface area contributed by atoms with Crippen molar-refractivity contribution in [1.82, 2.24) is 26.6 Å². The van der Waals surface area contributed by atoms with E-state index in [9.17, 15) is 74.7 Å². The van der Waals surface area contributed by atoms with Gasteiger partial charge in [-0.15, -0.1) is 0 Å². The molecule has 3 saturated heterocycles. The first-order valence-corrected chi connectivity index (χ1v) is 33.9. The van der Waals surface area contributed by atoms with E-state index < -0.39 is 123 Å². The zero-order valence-corrected chi connectivity index (χ0v) is 55.0. The second-order valence-corrected chi connectivity index (χ2v) is 25.1. The van der Waals surface area contributed by atoms with Crippen molar-refractivity contribution in [3.63, 3.8) is 0 Å². The second-order valence-electron chi connectivity index (χ2n) is 25.1. The smallest absolute Gasteiger partial charge is 0.223 e. The number of Topliss-reactive ketones (excluding diaryl/α,β-unsaturated/α-hetero) is 1. The fourth-order valence-electron chi connectivity index (χ4n) is 11.1. The third kappa shape index (κ3) is 32.9. The first-order chi connectivity index (χ1) is 43.6. The van der Waals surface area contributed by atoms with Crippen molar-refractivity contribution in [1.29, 1.82) is 0 Å². The molecule has 0 spiro atoms. The number of amides is 5. The number of hydrogen-bond donors (Lipinski definition) is 14. The molecule has 17 atom stereocenters. The van der Waals surface area contributed by atoms with Gasteiger partial charge in [0.1, 0.15) is 36.6 Å². The molecule has 0 aromatic carbocycles. The lowest BCUT2D eigenvalue weighted by Crippen LogP contribution is -2.55. The standard InChI is InChI=1S/C64H117N5O22.CH4/c1-41(2)85-36-22-32-67-53(76)25-10-6-16-31-68-61(84)45(23-14-17-29-65-51(74)26-11-7-19-33-86-62-42(3)55(78)58(81)48(38-70)89-62)37-47(73)46(69-54(77)28-13-9-21-35-88-64-44(5)57(80)60(83)50(40-72)91-64)24-15-18-30-66-52(75)27-12-8-20-34-87-63-43(4)56(79)59(82)49(39-71)90-63;/h41-46,48-50,55-60,62-64,70-72,78-83H,6-40H2,1-5H3,(H,65,74)(H,66,75)(H,67,76)(H,68,84)(H,69,77);1H4/t42?,43?,44?,45?,46?,48?,49?,50?,55-,56-,57-,58+,59+,60+,62-,63-,64-;/m1./s1. The lowest BCUT2D eigenvalue weighted by atomic mass is 9.91. The molecule has 92 heavy (non-hydrogen) atoms. The highest BCUT2D eigenvalue weighted by atomic mass is 16.7. The molecule has 5 amide bonds. The van der Waals surface area contributed by atoms with E-state index in [0.717, 1.165) is 0 Å². The third-order valence-electron chi connectivity index (χ3n) is 17.1. The molecule has 3 heterocycles. The van der Waals surface area contributed by atoms with E-state index in [2.05, 4.69) is 26.6 Å². The molecule has 0 radical (unpaired) electrons. The van der Waals surface area contributed by atoms with Gasteiger partial charge in [0.2, 0.25) is 29.5 Å². The van der Waals surface area contributed by atoms with Crippen LogP contribution in [0.2, 0.25) is 0 Å². The predicted molar refractivity (Wildman–Crippen MR) is 340 cm³/mol. The zero-order chi connectivity index (χ0) is 67.1. The third-order valence-corrected chi connectivity index (χ3v) is 17.1. The Balaban J connectivity index is 0.0000288. The number of rotatable bonds is 50. The van der Waals surface area contributed by atoms with Crippen LogP contribution in [-0.4, -0.2) is 240 Å². The summed E-state index contributed by atoms with van der Waals surface area (Å²) >= 11 is 0. The average molecular weight is 1320 g/mol. The second kappa shape index (κ2) is 49.0. The van der Waals surface area contributed by atoms with Crippen LogP contribution in [0.4, 0.5) is 0 Å². The number of carbonyl (C=O) groups is 6. The summed E-state index contributed by atoms with van der Waals surface area (Å²) in [6, 6.07) is -0.926. The summed E-state index contributed by atoms with van der Waals surface area (Å²) in [5.74, 6) is -3.61. The number of ether oxygens (including phenoxy) is 7. The van der Waals surface area contributed by atoms with Gasteiger partial charge in [0.05, 0.1) is 50.3 Å². The molecule has 3 aliphatic rings. The van der Waals surface area contributed by atoms with Crippen LogP contribution < -0.4 is 26.6 Å². The van der Waals surface area contributed by atoms with Crippen molar-refractivity contribution in [2.24, 2.45) is 23.7 Å². The van der Waals surface area contributed by atoms with E-state index in [-0.39, 0.29) is 87.6 Å². The topological polar surface area (TPSA) is 409 Å². The van der Waals surface area contributed by atoms with Crippen molar-refractivity contribution in [3.05, 3.63) is 0 Å². The summed E-state index contributed by atoms with van der Waals surface area (Å²) in [5, 5.41) is 105. The minimum Gasteiger partial charge on any atom is -0.394 e. The van der Waals surface area contributed by atoms with Gasteiger partial charge >= 0.3 is 0 Å². The van der Waals surface area contributed by atoms with E-state index in [4.69, 9.17) is 33.2 Å². The number of aliphatic hydroxyl groups excluding tert-OH is 9. The molecule has 3 fully saturated rings. The SMILES string of the molecule is C.CC(C)OCCCNC(=O)CCCCCNC(=O)C(CCCCNC(=O)CCCCCO[C@@H]1OC(CO)[C@H](O)[C@H](O)C1C)CC(=O)C(CCCCNC(=O)CCCCCO[C@@H]1OC(CO)[C@H](O)[C@H](O)C1C)NC(=O)CCCCCO[C@@H]1OC(CO)[C@H](O)[C@H](O)C1C. The predicted octanol–water partition coefficient (Wildman–Crippen LogP) is 1.82. The van der Waals surface area contributed by atoms with Crippen molar-refractivity contribution in [3.8, 4) is 0 Å². The van der Waals surface area contributed by atoms with Crippen LogP contribution in [0.5, 0.6) is 0 Å². The fourth-order valence-corrected chi connectivity index (χ4v) is 11.1. The lowest BCUT2D eigenvalue weighted by Gasteiger charge is -2.40. The van der Waals surface area contributed by atoms with Crippen LogP contribution in [0.1, 0.15) is 196 Å². The molecule has 27 heteroatoms. The highest BCUT2D eigenvalue weighted by molar-refractivity contribution is 5.92. The number of nitrogens with one attached hydrogen (secondary N) is 5. The molecule has 8 unspecified atom stereocenters. The largest absolute Gasteiger partial charge is 0.394 e. The molecule has 14 N–H and O–H groups in total. The van der Waals surface area contributed by atoms with Gasteiger partial charge in [0.25, 0.3) is 0 Å². The van der Waals surface area contributed by atoms with Gasteiger partial charge in [0.15, 0.2) is 24.7 Å². The Morgan fingerprint density at radius 1 is 0.413 bits per heavy atom. The highest BCUT2D eigenvalue weighted by Crippen LogP contribution is 2.30. The molecule has 0 bridgehead atoms. The molecule has 538 valence electrons. The van der Waals surface area contributed by atoms with Crippen LogP contribution >= 0.6 is 0 Å². The molecular formula is C65H121N5O22. The van der Waals surface area contributed by atoms with Crippen LogP contribution in [0, 0.1) is 23.7 Å². The Morgan fingerprint density at radius 3 is 1.15 bits per heavy atom. The molecule has 3 aliphatic heterocycles. The summed E-state index contributed by atoms with van der Waals surface area (Å²) in [5.41, 5.74) is 0. The highest BCUT2D eigenvalue weighted by Gasteiger charge is 2.45. The average Bonchev–Trinajstić information content (AvgIpc) is 0.860. The monoisotopic (exact) mass is 1320 g/mol. The maximum Gasteiger partial charge on any atom is 0.223 e. The van der Waals surface area contributed by atoms with E-state index in [1.807, 2.05) is 13.8 Å². The molecular weight excluding hydrogens is 1200 g/mol. The zero-order valence-electron chi connectivity index (χ0n) is 55.0. The quantitative estimate of drug-likeness (QED) is 0.0386. The van der Waals surface area contributed by atoms with Crippen LogP contribution in [0.25, 0.3) is 0 Å². The Hall–Kier alpha value is -3.62. The fraction of sp³-hybridized carbons (Fsp3) is 0.908. The van der Waals surface area contributed by atoms with Crippen LogP contribution in [0.15, 0.2) is 0 Å². The van der Waals surface area contributed by atoms with Gasteiger partial charge in [-0.3, -0.25) is 28.8 Å². The summed E-state index contributed by atoms with van der Waals surface area (Å²) in [6.07, 6.45) is -0.764. The molecule has 3 rings (SSSR count).